The van der Waals surface area contributed by atoms with Gasteiger partial charge in [-0.2, -0.15) is 13.7 Å². The SMILES string of the molecule is Cc1ccc(NC(=O)CC#N)c(S(=O)(=O)O)c1. The molecule has 0 aromatic heterocycles. The zero-order valence-corrected chi connectivity index (χ0v) is 9.78. The molecule has 0 bridgehead atoms. The van der Waals surface area contributed by atoms with Crippen molar-refractivity contribution in [3.63, 3.8) is 0 Å². The number of amides is 1. The number of rotatable bonds is 3. The molecule has 0 saturated heterocycles. The van der Waals surface area contributed by atoms with Crippen molar-refractivity contribution >= 4 is 21.7 Å². The zero-order chi connectivity index (χ0) is 13.1. The van der Waals surface area contributed by atoms with Gasteiger partial charge in [0.05, 0.1) is 11.8 Å². The minimum Gasteiger partial charge on any atom is -0.324 e. The summed E-state index contributed by atoms with van der Waals surface area (Å²) in [7, 11) is -4.41. The summed E-state index contributed by atoms with van der Waals surface area (Å²) in [5.74, 6) is -0.638. The Labute approximate surface area is 98.6 Å². The molecule has 0 saturated carbocycles. The van der Waals surface area contributed by atoms with Gasteiger partial charge in [-0.1, -0.05) is 6.07 Å². The Balaban J connectivity index is 3.17. The number of carbonyl (C=O) groups is 1. The van der Waals surface area contributed by atoms with Gasteiger partial charge in [0.1, 0.15) is 11.3 Å². The predicted octanol–water partition coefficient (Wildman–Crippen LogP) is 1.09. The van der Waals surface area contributed by atoms with Gasteiger partial charge >= 0.3 is 0 Å². The number of carbonyl (C=O) groups excluding carboxylic acids is 1. The van der Waals surface area contributed by atoms with E-state index >= 15 is 0 Å². The van der Waals surface area contributed by atoms with Crippen LogP contribution in [0, 0.1) is 18.3 Å². The zero-order valence-electron chi connectivity index (χ0n) is 8.97. The molecule has 1 amide bonds. The van der Waals surface area contributed by atoms with E-state index in [1.807, 2.05) is 0 Å². The van der Waals surface area contributed by atoms with Crippen molar-refractivity contribution in [2.45, 2.75) is 18.2 Å². The molecule has 0 fully saturated rings. The van der Waals surface area contributed by atoms with Gasteiger partial charge in [0, 0.05) is 0 Å². The van der Waals surface area contributed by atoms with Crippen LogP contribution in [0.25, 0.3) is 0 Å². The van der Waals surface area contributed by atoms with Crippen LogP contribution in [0.15, 0.2) is 23.1 Å². The minimum absolute atomic E-state index is 0.0432. The molecule has 0 spiro atoms. The summed E-state index contributed by atoms with van der Waals surface area (Å²) in [6.07, 6.45) is -0.390. The lowest BCUT2D eigenvalue weighted by Crippen LogP contribution is -2.13. The predicted molar refractivity (Wildman–Crippen MR) is 59.9 cm³/mol. The molecule has 1 aromatic carbocycles. The lowest BCUT2D eigenvalue weighted by molar-refractivity contribution is -0.115. The third-order valence-corrected chi connectivity index (χ3v) is 2.82. The van der Waals surface area contributed by atoms with Crippen molar-refractivity contribution in [2.75, 3.05) is 5.32 Å². The van der Waals surface area contributed by atoms with Crippen LogP contribution in [0.1, 0.15) is 12.0 Å². The number of benzene rings is 1. The smallest absolute Gasteiger partial charge is 0.296 e. The molecule has 0 aliphatic rings. The van der Waals surface area contributed by atoms with E-state index < -0.39 is 22.4 Å². The summed E-state index contributed by atoms with van der Waals surface area (Å²) in [4.78, 5) is 10.8. The molecule has 17 heavy (non-hydrogen) atoms. The Kier molecular flexibility index (Phi) is 3.83. The first-order chi connectivity index (χ1) is 7.84. The highest BCUT2D eigenvalue weighted by atomic mass is 32.2. The van der Waals surface area contributed by atoms with E-state index in [4.69, 9.17) is 9.81 Å². The Morgan fingerprint density at radius 3 is 2.71 bits per heavy atom. The van der Waals surface area contributed by atoms with E-state index in [0.717, 1.165) is 0 Å². The van der Waals surface area contributed by atoms with Gasteiger partial charge in [0.15, 0.2) is 0 Å². The van der Waals surface area contributed by atoms with Gasteiger partial charge < -0.3 is 5.32 Å². The van der Waals surface area contributed by atoms with Crippen molar-refractivity contribution in [3.05, 3.63) is 23.8 Å². The Bertz CT molecular complexity index is 587. The van der Waals surface area contributed by atoms with Crippen molar-refractivity contribution < 1.29 is 17.8 Å². The fourth-order valence-corrected chi connectivity index (χ4v) is 1.94. The minimum atomic E-state index is -4.41. The molecule has 0 atom stereocenters. The van der Waals surface area contributed by atoms with Crippen LogP contribution >= 0.6 is 0 Å². The third-order valence-electron chi connectivity index (χ3n) is 1.93. The number of aryl methyl sites for hydroxylation is 1. The lowest BCUT2D eigenvalue weighted by Gasteiger charge is -2.08. The van der Waals surface area contributed by atoms with E-state index in [-0.39, 0.29) is 10.6 Å². The number of nitrogens with one attached hydrogen (secondary N) is 1. The van der Waals surface area contributed by atoms with E-state index in [1.54, 1.807) is 19.1 Å². The van der Waals surface area contributed by atoms with Crippen LogP contribution in [0.3, 0.4) is 0 Å². The van der Waals surface area contributed by atoms with E-state index in [0.29, 0.717) is 5.56 Å². The number of hydrogen-bond donors (Lipinski definition) is 2. The van der Waals surface area contributed by atoms with Crippen molar-refractivity contribution in [1.29, 1.82) is 5.26 Å². The van der Waals surface area contributed by atoms with Gasteiger partial charge in [0.25, 0.3) is 10.1 Å². The van der Waals surface area contributed by atoms with Gasteiger partial charge in [-0.15, -0.1) is 0 Å². The topological polar surface area (TPSA) is 107 Å². The quantitative estimate of drug-likeness (QED) is 0.785. The van der Waals surface area contributed by atoms with E-state index in [2.05, 4.69) is 5.32 Å². The highest BCUT2D eigenvalue weighted by Gasteiger charge is 2.17. The maximum atomic E-state index is 11.2. The molecule has 1 aromatic rings. The molecule has 0 aliphatic carbocycles. The second-order valence-corrected chi connectivity index (χ2v) is 4.75. The second-order valence-electron chi connectivity index (χ2n) is 3.36. The molecule has 7 heteroatoms. The molecular weight excluding hydrogens is 244 g/mol. The maximum Gasteiger partial charge on any atom is 0.296 e. The number of anilines is 1. The monoisotopic (exact) mass is 254 g/mol. The Morgan fingerprint density at radius 1 is 1.53 bits per heavy atom. The summed E-state index contributed by atoms with van der Waals surface area (Å²) in [6.45, 7) is 1.65. The number of nitriles is 1. The number of hydrogen-bond acceptors (Lipinski definition) is 4. The van der Waals surface area contributed by atoms with Crippen LogP contribution in [0.2, 0.25) is 0 Å². The summed E-state index contributed by atoms with van der Waals surface area (Å²) in [6, 6.07) is 5.80. The van der Waals surface area contributed by atoms with Crippen molar-refractivity contribution in [1.82, 2.24) is 0 Å². The average molecular weight is 254 g/mol. The average Bonchev–Trinajstić information content (AvgIpc) is 2.19. The fourth-order valence-electron chi connectivity index (χ4n) is 1.21. The first-order valence-corrected chi connectivity index (χ1v) is 6.03. The molecule has 6 nitrogen and oxygen atoms in total. The van der Waals surface area contributed by atoms with Crippen LogP contribution in [0.4, 0.5) is 5.69 Å². The third kappa shape index (κ3) is 3.55. The normalized spacial score (nSPS) is 10.6. The van der Waals surface area contributed by atoms with Crippen LogP contribution in [0.5, 0.6) is 0 Å². The highest BCUT2D eigenvalue weighted by molar-refractivity contribution is 7.86. The molecule has 0 aliphatic heterocycles. The van der Waals surface area contributed by atoms with Gasteiger partial charge in [-0.3, -0.25) is 9.35 Å². The summed E-state index contributed by atoms with van der Waals surface area (Å²) < 4.78 is 31.2. The highest BCUT2D eigenvalue weighted by Crippen LogP contribution is 2.22. The molecule has 1 rings (SSSR count). The molecule has 0 unspecified atom stereocenters. The second kappa shape index (κ2) is 4.95. The van der Waals surface area contributed by atoms with Gasteiger partial charge in [0.2, 0.25) is 5.91 Å². The summed E-state index contributed by atoms with van der Waals surface area (Å²) in [5.41, 5.74) is 0.578. The molecule has 90 valence electrons. The van der Waals surface area contributed by atoms with E-state index in [1.165, 1.54) is 12.1 Å². The summed E-state index contributed by atoms with van der Waals surface area (Å²) in [5, 5.41) is 10.6. The fraction of sp³-hybridized carbons (Fsp3) is 0.200. The van der Waals surface area contributed by atoms with Crippen LogP contribution < -0.4 is 5.32 Å². The van der Waals surface area contributed by atoms with Crippen molar-refractivity contribution in [2.24, 2.45) is 0 Å². The molecule has 0 radical (unpaired) electrons. The van der Waals surface area contributed by atoms with Crippen LogP contribution in [-0.2, 0) is 14.9 Å². The van der Waals surface area contributed by atoms with Crippen molar-refractivity contribution in [3.8, 4) is 6.07 Å². The summed E-state index contributed by atoms with van der Waals surface area (Å²) >= 11 is 0. The lowest BCUT2D eigenvalue weighted by atomic mass is 10.2. The first kappa shape index (κ1) is 13.2. The molecule has 0 heterocycles. The largest absolute Gasteiger partial charge is 0.324 e. The first-order valence-electron chi connectivity index (χ1n) is 4.59. The van der Waals surface area contributed by atoms with Gasteiger partial charge in [-0.05, 0) is 24.6 Å². The Hall–Kier alpha value is -1.91. The Morgan fingerprint density at radius 2 is 2.18 bits per heavy atom. The molecule has 2 N–H and O–H groups in total. The maximum absolute atomic E-state index is 11.2. The van der Waals surface area contributed by atoms with Crippen LogP contribution in [-0.4, -0.2) is 18.9 Å². The standard InChI is InChI=1S/C10H10N2O4S/c1-7-2-3-8(12-10(13)4-5-11)9(6-7)17(14,15)16/h2-3,6H,4H2,1H3,(H,12,13)(H,14,15,16). The number of nitrogens with zero attached hydrogens (tertiary/aromatic N) is 1. The van der Waals surface area contributed by atoms with E-state index in [9.17, 15) is 13.2 Å². The molecular formula is C10H10N2O4S. The van der Waals surface area contributed by atoms with Gasteiger partial charge in [-0.25, -0.2) is 0 Å².